The number of benzene rings is 1. The topological polar surface area (TPSA) is 30.5 Å². The Morgan fingerprint density at radius 3 is 2.47 bits per heavy atom. The van der Waals surface area contributed by atoms with Crippen molar-refractivity contribution < 1.29 is 9.47 Å². The second-order valence-corrected chi connectivity index (χ2v) is 5.96. The fourth-order valence-corrected chi connectivity index (χ4v) is 3.73. The molecule has 2 aliphatic heterocycles. The zero-order valence-corrected chi connectivity index (χ0v) is 12.9. The van der Waals surface area contributed by atoms with Crippen LogP contribution in [0.5, 0.6) is 11.5 Å². The summed E-state index contributed by atoms with van der Waals surface area (Å²) in [5, 5.41) is 3.24. The monoisotopic (exact) mass is 325 g/mol. The van der Waals surface area contributed by atoms with Crippen molar-refractivity contribution in [3.05, 3.63) is 21.2 Å². The largest absolute Gasteiger partial charge is 0.493 e. The van der Waals surface area contributed by atoms with Crippen molar-refractivity contribution in [2.75, 3.05) is 26.8 Å². The highest BCUT2D eigenvalue weighted by atomic mass is 79.9. The molecule has 104 valence electrons. The van der Waals surface area contributed by atoms with Crippen LogP contribution in [0.25, 0.3) is 0 Å². The summed E-state index contributed by atoms with van der Waals surface area (Å²) in [6, 6.07) is 0. The number of nitrogens with one attached hydrogen (secondary N) is 1. The maximum absolute atomic E-state index is 5.99. The molecule has 1 aromatic rings. The Hall–Kier alpha value is -0.740. The summed E-state index contributed by atoms with van der Waals surface area (Å²) in [6.07, 6.45) is 5.39. The molecule has 0 bridgehead atoms. The molecule has 1 N–H and O–H groups in total. The van der Waals surface area contributed by atoms with Crippen LogP contribution >= 0.6 is 15.9 Å². The number of likely N-dealkylation sites (N-methyl/N-ethyl adjacent to an activating group) is 1. The van der Waals surface area contributed by atoms with Gasteiger partial charge in [-0.1, -0.05) is 0 Å². The fourth-order valence-electron chi connectivity index (χ4n) is 3.00. The van der Waals surface area contributed by atoms with Crippen molar-refractivity contribution in [2.45, 2.75) is 32.1 Å². The van der Waals surface area contributed by atoms with Gasteiger partial charge < -0.3 is 14.8 Å². The van der Waals surface area contributed by atoms with Crippen LogP contribution in [0.2, 0.25) is 0 Å². The average molecular weight is 326 g/mol. The summed E-state index contributed by atoms with van der Waals surface area (Å²) < 4.78 is 13.0. The standard InChI is InChI=1S/C15H20BrNO2/c1-17-7-6-11-10-4-2-9-19-15(10)13(16)12-5-3-8-18-14(11)12/h17H,2-9H2,1H3. The minimum atomic E-state index is 0.830. The smallest absolute Gasteiger partial charge is 0.137 e. The van der Waals surface area contributed by atoms with E-state index in [4.69, 9.17) is 9.47 Å². The molecule has 0 atom stereocenters. The van der Waals surface area contributed by atoms with Crippen molar-refractivity contribution in [2.24, 2.45) is 0 Å². The van der Waals surface area contributed by atoms with Gasteiger partial charge in [-0.05, 0) is 61.6 Å². The van der Waals surface area contributed by atoms with Gasteiger partial charge in [-0.2, -0.15) is 0 Å². The molecule has 3 rings (SSSR count). The molecule has 19 heavy (non-hydrogen) atoms. The maximum atomic E-state index is 5.99. The number of hydrogen-bond acceptors (Lipinski definition) is 3. The molecule has 0 saturated heterocycles. The number of rotatable bonds is 3. The van der Waals surface area contributed by atoms with Crippen LogP contribution in [0.15, 0.2) is 4.47 Å². The minimum Gasteiger partial charge on any atom is -0.493 e. The van der Waals surface area contributed by atoms with Crippen molar-refractivity contribution in [3.8, 4) is 11.5 Å². The first-order valence-electron chi connectivity index (χ1n) is 7.09. The highest BCUT2D eigenvalue weighted by Gasteiger charge is 2.27. The third-order valence-electron chi connectivity index (χ3n) is 3.91. The zero-order valence-electron chi connectivity index (χ0n) is 11.4. The first-order chi connectivity index (χ1) is 9.33. The van der Waals surface area contributed by atoms with E-state index in [0.29, 0.717) is 0 Å². The van der Waals surface area contributed by atoms with E-state index in [-0.39, 0.29) is 0 Å². The lowest BCUT2D eigenvalue weighted by Crippen LogP contribution is -2.20. The van der Waals surface area contributed by atoms with Gasteiger partial charge in [0.05, 0.1) is 17.7 Å². The summed E-state index contributed by atoms with van der Waals surface area (Å²) in [4.78, 5) is 0. The van der Waals surface area contributed by atoms with Gasteiger partial charge >= 0.3 is 0 Å². The second kappa shape index (κ2) is 5.71. The van der Waals surface area contributed by atoms with Gasteiger partial charge in [-0.3, -0.25) is 0 Å². The average Bonchev–Trinajstić information content (AvgIpc) is 2.47. The van der Waals surface area contributed by atoms with Crippen molar-refractivity contribution in [3.63, 3.8) is 0 Å². The van der Waals surface area contributed by atoms with Gasteiger partial charge in [0, 0.05) is 16.7 Å². The van der Waals surface area contributed by atoms with E-state index in [2.05, 4.69) is 21.2 Å². The van der Waals surface area contributed by atoms with E-state index in [1.54, 1.807) is 0 Å². The third kappa shape index (κ3) is 2.36. The molecule has 0 unspecified atom stereocenters. The Bertz CT molecular complexity index is 451. The van der Waals surface area contributed by atoms with Crippen molar-refractivity contribution in [1.82, 2.24) is 5.32 Å². The number of fused-ring (bicyclic) bond motifs is 2. The molecule has 3 nitrogen and oxygen atoms in total. The van der Waals surface area contributed by atoms with Gasteiger partial charge in [0.2, 0.25) is 0 Å². The maximum Gasteiger partial charge on any atom is 0.137 e. The predicted molar refractivity (Wildman–Crippen MR) is 79.4 cm³/mol. The zero-order chi connectivity index (χ0) is 13.2. The lowest BCUT2D eigenvalue weighted by atomic mass is 9.91. The van der Waals surface area contributed by atoms with Gasteiger partial charge in [0.25, 0.3) is 0 Å². The molecule has 0 aliphatic carbocycles. The molecule has 0 spiro atoms. The van der Waals surface area contributed by atoms with Gasteiger partial charge in [0.1, 0.15) is 11.5 Å². The van der Waals surface area contributed by atoms with Gasteiger partial charge in [-0.25, -0.2) is 0 Å². The van der Waals surface area contributed by atoms with Crippen molar-refractivity contribution in [1.29, 1.82) is 0 Å². The Labute approximate surface area is 122 Å². The Morgan fingerprint density at radius 2 is 1.74 bits per heavy atom. The van der Waals surface area contributed by atoms with Gasteiger partial charge in [0.15, 0.2) is 0 Å². The van der Waals surface area contributed by atoms with Crippen LogP contribution < -0.4 is 14.8 Å². The van der Waals surface area contributed by atoms with Crippen LogP contribution in [0, 0.1) is 0 Å². The number of halogens is 1. The summed E-state index contributed by atoms with van der Waals surface area (Å²) >= 11 is 3.73. The molecule has 0 aromatic heterocycles. The molecule has 4 heteroatoms. The van der Waals surface area contributed by atoms with E-state index >= 15 is 0 Å². The minimum absolute atomic E-state index is 0.830. The van der Waals surface area contributed by atoms with E-state index in [9.17, 15) is 0 Å². The fraction of sp³-hybridized carbons (Fsp3) is 0.600. The molecular formula is C15H20BrNO2. The molecule has 2 aliphatic rings. The van der Waals surface area contributed by atoms with Crippen LogP contribution in [0.1, 0.15) is 29.5 Å². The summed E-state index contributed by atoms with van der Waals surface area (Å²) in [5.41, 5.74) is 4.02. The highest BCUT2D eigenvalue weighted by Crippen LogP contribution is 2.46. The SMILES string of the molecule is CNCCc1c2c(c(Br)c3c1OCCC3)OCCC2. The first kappa shape index (κ1) is 13.3. The number of hydrogen-bond donors (Lipinski definition) is 1. The third-order valence-corrected chi connectivity index (χ3v) is 4.75. The summed E-state index contributed by atoms with van der Waals surface area (Å²) in [5.74, 6) is 2.19. The molecule has 1 aromatic carbocycles. The Morgan fingerprint density at radius 1 is 1.05 bits per heavy atom. The van der Waals surface area contributed by atoms with E-state index in [1.165, 1.54) is 16.7 Å². The van der Waals surface area contributed by atoms with Crippen LogP contribution in [-0.2, 0) is 19.3 Å². The quantitative estimate of drug-likeness (QED) is 0.927. The van der Waals surface area contributed by atoms with Gasteiger partial charge in [-0.15, -0.1) is 0 Å². The second-order valence-electron chi connectivity index (χ2n) is 5.17. The van der Waals surface area contributed by atoms with E-state index in [0.717, 1.165) is 67.8 Å². The van der Waals surface area contributed by atoms with Crippen LogP contribution in [-0.4, -0.2) is 26.8 Å². The lowest BCUT2D eigenvalue weighted by molar-refractivity contribution is 0.267. The predicted octanol–water partition coefficient (Wildman–Crippen LogP) is 2.86. The van der Waals surface area contributed by atoms with Crippen LogP contribution in [0.3, 0.4) is 0 Å². The molecule has 0 radical (unpaired) electrons. The van der Waals surface area contributed by atoms with Crippen LogP contribution in [0.4, 0.5) is 0 Å². The van der Waals surface area contributed by atoms with E-state index < -0.39 is 0 Å². The first-order valence-corrected chi connectivity index (χ1v) is 7.88. The molecular weight excluding hydrogens is 306 g/mol. The number of ether oxygens (including phenoxy) is 2. The molecule has 2 heterocycles. The van der Waals surface area contributed by atoms with Crippen molar-refractivity contribution >= 4 is 15.9 Å². The Balaban J connectivity index is 2.13. The molecule has 0 fully saturated rings. The Kier molecular flexibility index (Phi) is 3.99. The summed E-state index contributed by atoms with van der Waals surface area (Å²) in [6.45, 7) is 2.65. The lowest BCUT2D eigenvalue weighted by Gasteiger charge is -2.29. The molecule has 0 amide bonds. The van der Waals surface area contributed by atoms with E-state index in [1.807, 2.05) is 7.05 Å². The summed E-state index contributed by atoms with van der Waals surface area (Å²) in [7, 11) is 2.00. The molecule has 0 saturated carbocycles. The highest BCUT2D eigenvalue weighted by molar-refractivity contribution is 9.10. The normalized spacial score (nSPS) is 17.2.